The molecule has 17 heavy (non-hydrogen) atoms. The molecule has 3 nitrogen and oxygen atoms in total. The van der Waals surface area contributed by atoms with Gasteiger partial charge in [-0.15, -0.1) is 0 Å². The third kappa shape index (κ3) is 14.6. The van der Waals surface area contributed by atoms with Crippen LogP contribution < -0.4 is 0 Å². The number of rotatable bonds is 5. The first-order valence-corrected chi connectivity index (χ1v) is 6.10. The first kappa shape index (κ1) is 21.0. The smallest absolute Gasteiger partial charge is 0.219 e. The van der Waals surface area contributed by atoms with Gasteiger partial charge in [-0.1, -0.05) is 40.3 Å². The van der Waals surface area contributed by atoms with Gasteiger partial charge < -0.3 is 4.90 Å². The number of aliphatic imine (C=N–C) groups is 1. The normalized spacial score (nSPS) is 8.94. The van der Waals surface area contributed by atoms with E-state index in [0.29, 0.717) is 6.54 Å². The summed E-state index contributed by atoms with van der Waals surface area (Å²) in [5, 5.41) is 0. The average Bonchev–Trinajstić information content (AvgIpc) is 2.38. The zero-order valence-corrected chi connectivity index (χ0v) is 12.3. The van der Waals surface area contributed by atoms with E-state index in [1.807, 2.05) is 27.7 Å². The van der Waals surface area contributed by atoms with E-state index in [1.165, 1.54) is 0 Å². The molecule has 0 spiro atoms. The lowest BCUT2D eigenvalue weighted by Gasteiger charge is -2.14. The van der Waals surface area contributed by atoms with Crippen LogP contribution in [0, 0.1) is 0 Å². The van der Waals surface area contributed by atoms with Gasteiger partial charge in [-0.05, 0) is 18.7 Å². The first-order valence-electron chi connectivity index (χ1n) is 6.10. The summed E-state index contributed by atoms with van der Waals surface area (Å²) in [7, 11) is 1.77. The van der Waals surface area contributed by atoms with E-state index in [2.05, 4.69) is 18.3 Å². The van der Waals surface area contributed by atoms with Crippen molar-refractivity contribution in [3.05, 3.63) is 24.4 Å². The summed E-state index contributed by atoms with van der Waals surface area (Å²) in [5.74, 6) is 0.0648. The molecular weight excluding hydrogens is 212 g/mol. The molecule has 1 amide bonds. The molecule has 0 saturated carbocycles. The number of carbonyl (C=O) groups excluding carboxylic acids is 1. The van der Waals surface area contributed by atoms with Crippen LogP contribution in [0.2, 0.25) is 0 Å². The SMILES string of the molecule is C=C/C(=C\N=C)CCN(C)C(C)=O.CC.CC. The van der Waals surface area contributed by atoms with Crippen LogP contribution in [0.1, 0.15) is 41.0 Å². The highest BCUT2D eigenvalue weighted by Gasteiger charge is 2.01. The molecule has 3 heteroatoms. The third-order valence-corrected chi connectivity index (χ3v) is 1.79. The molecule has 0 bridgehead atoms. The maximum Gasteiger partial charge on any atom is 0.219 e. The van der Waals surface area contributed by atoms with E-state index in [4.69, 9.17) is 0 Å². The van der Waals surface area contributed by atoms with Crippen LogP contribution in [0.15, 0.2) is 29.4 Å². The molecule has 0 aromatic rings. The highest BCUT2D eigenvalue weighted by molar-refractivity contribution is 5.72. The second kappa shape index (κ2) is 17.0. The monoisotopic (exact) mass is 240 g/mol. The van der Waals surface area contributed by atoms with Crippen molar-refractivity contribution in [3.63, 3.8) is 0 Å². The zero-order valence-electron chi connectivity index (χ0n) is 12.3. The molecule has 0 aromatic heterocycles. The van der Waals surface area contributed by atoms with Gasteiger partial charge in [0.2, 0.25) is 5.91 Å². The summed E-state index contributed by atoms with van der Waals surface area (Å²) in [5.41, 5.74) is 0.989. The number of hydrogen-bond acceptors (Lipinski definition) is 2. The Hall–Kier alpha value is -1.38. The molecule has 0 heterocycles. The Kier molecular flexibility index (Phi) is 21.0. The van der Waals surface area contributed by atoms with Gasteiger partial charge in [-0.3, -0.25) is 9.79 Å². The molecule has 0 N–H and O–H groups in total. The van der Waals surface area contributed by atoms with Crippen molar-refractivity contribution < 1.29 is 4.79 Å². The first-order chi connectivity index (χ1) is 8.11. The minimum absolute atomic E-state index is 0.0648. The second-order valence-corrected chi connectivity index (χ2v) is 2.78. The molecule has 0 aliphatic carbocycles. The maximum atomic E-state index is 10.8. The lowest BCUT2D eigenvalue weighted by atomic mass is 10.2. The fourth-order valence-corrected chi connectivity index (χ4v) is 0.791. The fourth-order valence-electron chi connectivity index (χ4n) is 0.791. The molecule has 0 radical (unpaired) electrons. The van der Waals surface area contributed by atoms with Gasteiger partial charge in [0, 0.05) is 26.7 Å². The predicted molar refractivity (Wildman–Crippen MR) is 78.5 cm³/mol. The van der Waals surface area contributed by atoms with Crippen molar-refractivity contribution in [2.24, 2.45) is 4.99 Å². The predicted octanol–water partition coefficient (Wildman–Crippen LogP) is 3.68. The largest absolute Gasteiger partial charge is 0.346 e. The van der Waals surface area contributed by atoms with Gasteiger partial charge in [0.25, 0.3) is 0 Å². The molecule has 0 rings (SSSR count). The number of nitrogens with zero attached hydrogens (tertiary/aromatic N) is 2. The molecule has 0 aromatic carbocycles. The third-order valence-electron chi connectivity index (χ3n) is 1.79. The molecule has 100 valence electrons. The fraction of sp³-hybridized carbons (Fsp3) is 0.571. The van der Waals surface area contributed by atoms with Crippen LogP contribution in [0.5, 0.6) is 0 Å². The van der Waals surface area contributed by atoms with Gasteiger partial charge in [0.15, 0.2) is 0 Å². The lowest BCUT2D eigenvalue weighted by Crippen LogP contribution is -2.24. The summed E-state index contributed by atoms with van der Waals surface area (Å²) < 4.78 is 0. The summed E-state index contributed by atoms with van der Waals surface area (Å²) in [6.07, 6.45) is 4.14. The highest BCUT2D eigenvalue weighted by Crippen LogP contribution is 2.03. The van der Waals surface area contributed by atoms with Crippen molar-refractivity contribution >= 4 is 12.6 Å². The molecule has 0 aliphatic rings. The standard InChI is InChI=1S/C10H16N2O.2C2H6/c1-5-10(8-11-3)6-7-12(4)9(2)13;2*1-2/h5,8H,1,3,6-7H2,2,4H3;2*1-2H3/b10-8+;;. The topological polar surface area (TPSA) is 32.7 Å². The van der Waals surface area contributed by atoms with Crippen molar-refractivity contribution in [1.82, 2.24) is 4.90 Å². The Labute approximate surface area is 107 Å². The number of amides is 1. The van der Waals surface area contributed by atoms with Gasteiger partial charge >= 0.3 is 0 Å². The Balaban J connectivity index is -0.000000439. The van der Waals surface area contributed by atoms with Crippen LogP contribution >= 0.6 is 0 Å². The Morgan fingerprint density at radius 1 is 1.29 bits per heavy atom. The Bertz CT molecular complexity index is 232. The van der Waals surface area contributed by atoms with E-state index in [9.17, 15) is 4.79 Å². The van der Waals surface area contributed by atoms with E-state index in [0.717, 1.165) is 12.0 Å². The van der Waals surface area contributed by atoms with Crippen molar-refractivity contribution in [3.8, 4) is 0 Å². The van der Waals surface area contributed by atoms with Gasteiger partial charge in [0.05, 0.1) is 0 Å². The van der Waals surface area contributed by atoms with Crippen molar-refractivity contribution in [1.29, 1.82) is 0 Å². The van der Waals surface area contributed by atoms with E-state index < -0.39 is 0 Å². The van der Waals surface area contributed by atoms with Gasteiger partial charge in [0.1, 0.15) is 0 Å². The minimum Gasteiger partial charge on any atom is -0.346 e. The van der Waals surface area contributed by atoms with Crippen molar-refractivity contribution in [2.75, 3.05) is 13.6 Å². The molecule has 0 atom stereocenters. The summed E-state index contributed by atoms with van der Waals surface area (Å²) in [6, 6.07) is 0. The van der Waals surface area contributed by atoms with Crippen LogP contribution in [0.3, 0.4) is 0 Å². The summed E-state index contributed by atoms with van der Waals surface area (Å²) in [4.78, 5) is 16.1. The van der Waals surface area contributed by atoms with E-state index >= 15 is 0 Å². The maximum absolute atomic E-state index is 10.8. The Morgan fingerprint density at radius 2 is 1.76 bits per heavy atom. The number of allylic oxidation sites excluding steroid dienone is 1. The zero-order chi connectivity index (χ0) is 14.3. The summed E-state index contributed by atoms with van der Waals surface area (Å²) >= 11 is 0. The molecule has 0 unspecified atom stereocenters. The highest BCUT2D eigenvalue weighted by atomic mass is 16.2. The van der Waals surface area contributed by atoms with Crippen LogP contribution in [0.25, 0.3) is 0 Å². The lowest BCUT2D eigenvalue weighted by molar-refractivity contribution is -0.127. The van der Waals surface area contributed by atoms with E-state index in [1.54, 1.807) is 31.1 Å². The van der Waals surface area contributed by atoms with Gasteiger partial charge in [-0.25, -0.2) is 0 Å². The molecular formula is C14H28N2O. The number of carbonyl (C=O) groups is 1. The van der Waals surface area contributed by atoms with Crippen molar-refractivity contribution in [2.45, 2.75) is 41.0 Å². The minimum atomic E-state index is 0.0648. The second-order valence-electron chi connectivity index (χ2n) is 2.78. The summed E-state index contributed by atoms with van der Waals surface area (Å²) in [6.45, 7) is 17.2. The Morgan fingerprint density at radius 3 is 2.06 bits per heavy atom. The van der Waals surface area contributed by atoms with E-state index in [-0.39, 0.29) is 5.91 Å². The number of hydrogen-bond donors (Lipinski definition) is 0. The molecule has 0 saturated heterocycles. The van der Waals surface area contributed by atoms with Crippen LogP contribution in [0.4, 0.5) is 0 Å². The molecule has 0 fully saturated rings. The average molecular weight is 240 g/mol. The van der Waals surface area contributed by atoms with Crippen LogP contribution in [-0.2, 0) is 4.79 Å². The quantitative estimate of drug-likeness (QED) is 0.533. The van der Waals surface area contributed by atoms with Gasteiger partial charge in [-0.2, -0.15) is 0 Å². The van der Waals surface area contributed by atoms with Crippen LogP contribution in [-0.4, -0.2) is 31.1 Å². The molecule has 0 aliphatic heterocycles.